The number of amides is 2. The maximum Gasteiger partial charge on any atom is 0.248 e. The fourth-order valence-corrected chi connectivity index (χ4v) is 5.24. The summed E-state index contributed by atoms with van der Waals surface area (Å²) in [6, 6.07) is 11.2. The Balaban J connectivity index is 1.37. The predicted octanol–water partition coefficient (Wildman–Crippen LogP) is 4.62. The molecule has 2 aromatic heterocycles. The number of rotatable bonds is 6. The topological polar surface area (TPSA) is 62.3 Å². The second-order valence-corrected chi connectivity index (χ2v) is 9.51. The fraction of sp³-hybridized carbons (Fsp3) is 0.286. The Bertz CT molecular complexity index is 1000. The summed E-state index contributed by atoms with van der Waals surface area (Å²) in [6.45, 7) is 0.625. The van der Waals surface area contributed by atoms with Gasteiger partial charge in [-0.25, -0.2) is 4.98 Å². The summed E-state index contributed by atoms with van der Waals surface area (Å²) in [5.41, 5.74) is 1.10. The van der Waals surface area contributed by atoms with Gasteiger partial charge in [0.05, 0.1) is 6.42 Å². The van der Waals surface area contributed by atoms with Gasteiger partial charge in [0, 0.05) is 33.9 Å². The van der Waals surface area contributed by atoms with Gasteiger partial charge >= 0.3 is 0 Å². The van der Waals surface area contributed by atoms with Crippen LogP contribution in [0, 0.1) is 0 Å². The average Bonchev–Trinajstić information content (AvgIpc) is 3.43. The third kappa shape index (κ3) is 5.04. The zero-order chi connectivity index (χ0) is 20.2. The number of aromatic nitrogens is 1. The highest BCUT2D eigenvalue weighted by atomic mass is 35.5. The third-order valence-corrected chi connectivity index (χ3v) is 6.86. The molecule has 150 valence electrons. The minimum atomic E-state index is -0.428. The van der Waals surface area contributed by atoms with E-state index in [-0.39, 0.29) is 11.8 Å². The van der Waals surface area contributed by atoms with E-state index in [2.05, 4.69) is 10.3 Å². The molecule has 1 N–H and O–H groups in total. The molecule has 1 aliphatic rings. The maximum absolute atomic E-state index is 12.8. The number of thiophene rings is 1. The first-order valence-electron chi connectivity index (χ1n) is 9.40. The summed E-state index contributed by atoms with van der Waals surface area (Å²) in [5, 5.41) is 6.12. The van der Waals surface area contributed by atoms with Crippen molar-refractivity contribution in [2.45, 2.75) is 31.7 Å². The normalized spacial score (nSPS) is 16.2. The van der Waals surface area contributed by atoms with E-state index in [0.29, 0.717) is 36.0 Å². The lowest BCUT2D eigenvalue weighted by Gasteiger charge is -2.23. The summed E-state index contributed by atoms with van der Waals surface area (Å²) < 4.78 is 0. The molecule has 8 heteroatoms. The average molecular weight is 446 g/mol. The first kappa shape index (κ1) is 20.1. The number of hydrogen-bond donors (Lipinski definition) is 1. The van der Waals surface area contributed by atoms with Crippen molar-refractivity contribution in [3.05, 3.63) is 68.3 Å². The van der Waals surface area contributed by atoms with E-state index in [0.717, 1.165) is 21.7 Å². The molecule has 0 saturated carbocycles. The highest BCUT2D eigenvalue weighted by Crippen LogP contribution is 2.25. The maximum atomic E-state index is 12.8. The van der Waals surface area contributed by atoms with Crippen molar-refractivity contribution in [3.8, 4) is 0 Å². The molecule has 1 aromatic carbocycles. The molecule has 0 spiro atoms. The number of thiazole rings is 1. The van der Waals surface area contributed by atoms with Gasteiger partial charge in [-0.2, -0.15) is 0 Å². The van der Waals surface area contributed by atoms with Crippen LogP contribution < -0.4 is 5.32 Å². The Morgan fingerprint density at radius 2 is 2.14 bits per heavy atom. The van der Waals surface area contributed by atoms with Crippen LogP contribution in [-0.4, -0.2) is 34.3 Å². The Morgan fingerprint density at radius 3 is 2.93 bits per heavy atom. The molecule has 2 amide bonds. The van der Waals surface area contributed by atoms with Gasteiger partial charge in [-0.15, -0.1) is 22.7 Å². The van der Waals surface area contributed by atoms with Crippen LogP contribution in [0.3, 0.4) is 0 Å². The van der Waals surface area contributed by atoms with E-state index in [4.69, 9.17) is 11.6 Å². The SMILES string of the molecule is O=C(Nc1ncc(Cc2cccc(Cl)c2)s1)C1CCCN1C(=O)Cc1cccs1. The molecule has 1 unspecified atom stereocenters. The number of nitrogens with zero attached hydrogens (tertiary/aromatic N) is 2. The number of benzene rings is 1. The summed E-state index contributed by atoms with van der Waals surface area (Å²) in [7, 11) is 0. The minimum absolute atomic E-state index is 0.00545. The van der Waals surface area contributed by atoms with Gasteiger partial charge < -0.3 is 10.2 Å². The molecule has 3 heterocycles. The predicted molar refractivity (Wildman–Crippen MR) is 118 cm³/mol. The van der Waals surface area contributed by atoms with Crippen LogP contribution in [0.4, 0.5) is 5.13 Å². The van der Waals surface area contributed by atoms with Crippen LogP contribution in [0.1, 0.15) is 28.2 Å². The van der Waals surface area contributed by atoms with Crippen LogP contribution in [0.15, 0.2) is 48.0 Å². The highest BCUT2D eigenvalue weighted by Gasteiger charge is 2.34. The number of carbonyl (C=O) groups is 2. The van der Waals surface area contributed by atoms with Crippen LogP contribution in [0.25, 0.3) is 0 Å². The Morgan fingerprint density at radius 1 is 1.24 bits per heavy atom. The van der Waals surface area contributed by atoms with Crippen molar-refractivity contribution < 1.29 is 9.59 Å². The lowest BCUT2D eigenvalue weighted by molar-refractivity contribution is -0.136. The lowest BCUT2D eigenvalue weighted by Crippen LogP contribution is -2.43. The first-order valence-corrected chi connectivity index (χ1v) is 11.5. The number of carbonyl (C=O) groups excluding carboxylic acids is 2. The van der Waals surface area contributed by atoms with Crippen molar-refractivity contribution in [2.75, 3.05) is 11.9 Å². The molecule has 5 nitrogen and oxygen atoms in total. The van der Waals surface area contributed by atoms with Gasteiger partial charge in [-0.1, -0.05) is 29.8 Å². The highest BCUT2D eigenvalue weighted by molar-refractivity contribution is 7.15. The molecule has 0 aliphatic carbocycles. The fourth-order valence-electron chi connectivity index (χ4n) is 3.49. The van der Waals surface area contributed by atoms with Crippen molar-refractivity contribution >= 4 is 51.2 Å². The third-order valence-electron chi connectivity index (χ3n) is 4.83. The van der Waals surface area contributed by atoms with Crippen molar-refractivity contribution in [1.29, 1.82) is 0 Å². The van der Waals surface area contributed by atoms with Gasteiger partial charge in [0.15, 0.2) is 5.13 Å². The molecule has 3 aromatic rings. The second kappa shape index (κ2) is 9.07. The smallest absolute Gasteiger partial charge is 0.248 e. The van der Waals surface area contributed by atoms with Crippen LogP contribution in [0.5, 0.6) is 0 Å². The number of anilines is 1. The largest absolute Gasteiger partial charge is 0.330 e. The van der Waals surface area contributed by atoms with E-state index in [1.165, 1.54) is 11.3 Å². The molecular weight excluding hydrogens is 426 g/mol. The van der Waals surface area contributed by atoms with Gasteiger partial charge in [0.25, 0.3) is 0 Å². The summed E-state index contributed by atoms with van der Waals surface area (Å²) in [6.07, 6.45) is 4.36. The van der Waals surface area contributed by atoms with Crippen LogP contribution in [-0.2, 0) is 22.4 Å². The zero-order valence-corrected chi connectivity index (χ0v) is 18.0. The van der Waals surface area contributed by atoms with Gasteiger partial charge in [-0.3, -0.25) is 9.59 Å². The van der Waals surface area contributed by atoms with E-state index >= 15 is 0 Å². The molecule has 1 atom stereocenters. The number of halogens is 1. The molecule has 29 heavy (non-hydrogen) atoms. The second-order valence-electron chi connectivity index (χ2n) is 6.93. The molecule has 0 radical (unpaired) electrons. The van der Waals surface area contributed by atoms with Crippen molar-refractivity contribution in [2.24, 2.45) is 0 Å². The molecule has 1 aliphatic heterocycles. The summed E-state index contributed by atoms with van der Waals surface area (Å²) in [5.74, 6) is -0.156. The van der Waals surface area contributed by atoms with E-state index in [9.17, 15) is 9.59 Å². The zero-order valence-electron chi connectivity index (χ0n) is 15.6. The quantitative estimate of drug-likeness (QED) is 0.602. The van der Waals surface area contributed by atoms with E-state index in [1.54, 1.807) is 22.4 Å². The van der Waals surface area contributed by atoms with Gasteiger partial charge in [0.1, 0.15) is 6.04 Å². The van der Waals surface area contributed by atoms with E-state index < -0.39 is 6.04 Å². The Labute approximate surface area is 182 Å². The number of hydrogen-bond acceptors (Lipinski definition) is 5. The molecule has 1 fully saturated rings. The molecule has 0 bridgehead atoms. The molecule has 1 saturated heterocycles. The van der Waals surface area contributed by atoms with Gasteiger partial charge in [0.2, 0.25) is 11.8 Å². The van der Waals surface area contributed by atoms with E-state index in [1.807, 2.05) is 41.8 Å². The monoisotopic (exact) mass is 445 g/mol. The number of likely N-dealkylation sites (tertiary alicyclic amines) is 1. The summed E-state index contributed by atoms with van der Waals surface area (Å²) in [4.78, 5) is 33.5. The summed E-state index contributed by atoms with van der Waals surface area (Å²) >= 11 is 9.05. The molecular formula is C21H20ClN3O2S2. The minimum Gasteiger partial charge on any atom is -0.330 e. The standard InChI is InChI=1S/C21H20ClN3O2S2/c22-15-5-1-4-14(10-15)11-17-13-23-21(29-17)24-20(27)18-7-2-8-25(18)19(26)12-16-6-3-9-28-16/h1,3-6,9-10,13,18H,2,7-8,11-12H2,(H,23,24,27). The van der Waals surface area contributed by atoms with Crippen molar-refractivity contribution in [1.82, 2.24) is 9.88 Å². The Kier molecular flexibility index (Phi) is 6.28. The van der Waals surface area contributed by atoms with Crippen molar-refractivity contribution in [3.63, 3.8) is 0 Å². The number of nitrogens with one attached hydrogen (secondary N) is 1. The molecule has 4 rings (SSSR count). The lowest BCUT2D eigenvalue weighted by atomic mass is 10.1. The Hall–Kier alpha value is -2.22. The van der Waals surface area contributed by atoms with Gasteiger partial charge in [-0.05, 0) is 42.0 Å². The van der Waals surface area contributed by atoms with Crippen LogP contribution >= 0.6 is 34.3 Å². The van der Waals surface area contributed by atoms with Crippen LogP contribution in [0.2, 0.25) is 5.02 Å². The first-order chi connectivity index (χ1) is 14.1.